The predicted molar refractivity (Wildman–Crippen MR) is 88.5 cm³/mol. The van der Waals surface area contributed by atoms with E-state index in [9.17, 15) is 9.90 Å². The van der Waals surface area contributed by atoms with E-state index in [1.54, 1.807) is 6.20 Å². The van der Waals surface area contributed by atoms with Crippen molar-refractivity contribution in [1.29, 1.82) is 0 Å². The molecular weight excluding hydrogens is 308 g/mol. The third-order valence-electron chi connectivity index (χ3n) is 5.19. The van der Waals surface area contributed by atoms with Crippen LogP contribution in [0.15, 0.2) is 18.3 Å². The van der Waals surface area contributed by atoms with E-state index in [1.807, 2.05) is 12.1 Å². The van der Waals surface area contributed by atoms with E-state index in [1.165, 1.54) is 4.57 Å². The molecule has 1 aliphatic carbocycles. The van der Waals surface area contributed by atoms with Crippen LogP contribution in [0.4, 0.5) is 4.79 Å². The van der Waals surface area contributed by atoms with Crippen molar-refractivity contribution in [2.45, 2.75) is 50.7 Å². The maximum atomic E-state index is 11.5. The van der Waals surface area contributed by atoms with E-state index in [2.05, 4.69) is 13.8 Å². The number of rotatable bonds is 2. The molecule has 0 amide bonds. The summed E-state index contributed by atoms with van der Waals surface area (Å²) < 4.78 is 12.9. The zero-order valence-corrected chi connectivity index (χ0v) is 14.0. The number of hydrogen-bond acceptors (Lipinski definition) is 4. The zero-order valence-electron chi connectivity index (χ0n) is 14.0. The molecule has 24 heavy (non-hydrogen) atoms. The van der Waals surface area contributed by atoms with Gasteiger partial charge in [-0.25, -0.2) is 4.79 Å². The molecule has 2 aromatic heterocycles. The molecule has 1 saturated carbocycles. The molecular formula is C18H22N2O4. The Hall–Kier alpha value is -1.92. The van der Waals surface area contributed by atoms with Crippen molar-refractivity contribution >= 4 is 17.1 Å². The summed E-state index contributed by atoms with van der Waals surface area (Å²) in [5.41, 5.74) is 3.41. The van der Waals surface area contributed by atoms with Gasteiger partial charge in [0.2, 0.25) is 0 Å². The van der Waals surface area contributed by atoms with Crippen molar-refractivity contribution in [3.63, 3.8) is 0 Å². The Morgan fingerprint density at radius 2 is 2.12 bits per heavy atom. The molecule has 2 aromatic rings. The van der Waals surface area contributed by atoms with Gasteiger partial charge in [-0.2, -0.15) is 0 Å². The molecule has 2 fully saturated rings. The summed E-state index contributed by atoms with van der Waals surface area (Å²) in [7, 11) is 0. The van der Waals surface area contributed by atoms with Crippen molar-refractivity contribution in [2.75, 3.05) is 13.2 Å². The maximum Gasteiger partial charge on any atom is 0.416 e. The Labute approximate surface area is 140 Å². The second kappa shape index (κ2) is 5.57. The fourth-order valence-electron chi connectivity index (χ4n) is 3.94. The molecule has 128 valence electrons. The van der Waals surface area contributed by atoms with Crippen LogP contribution in [0.3, 0.4) is 0 Å². The second-order valence-corrected chi connectivity index (χ2v) is 7.04. The average Bonchev–Trinajstić information content (AvgIpc) is 3.26. The van der Waals surface area contributed by atoms with Crippen LogP contribution in [-0.2, 0) is 9.47 Å². The molecule has 2 aliphatic rings. The highest BCUT2D eigenvalue weighted by atomic mass is 16.7. The first kappa shape index (κ1) is 15.6. The van der Waals surface area contributed by atoms with Gasteiger partial charge in [0.1, 0.15) is 0 Å². The summed E-state index contributed by atoms with van der Waals surface area (Å²) >= 11 is 0. The SMILES string of the molecule is CC(C)c1cn(C(=O)O)c2ccc(C3CCC4(C3)OCCO4)nc12. The monoisotopic (exact) mass is 330 g/mol. The lowest BCUT2D eigenvalue weighted by Crippen LogP contribution is -2.25. The molecule has 1 spiro atoms. The predicted octanol–water partition coefficient (Wildman–Crippen LogP) is 3.70. The third kappa shape index (κ3) is 2.41. The third-order valence-corrected chi connectivity index (χ3v) is 5.19. The Bertz CT molecular complexity index is 790. The summed E-state index contributed by atoms with van der Waals surface area (Å²) in [4.78, 5) is 16.3. The van der Waals surface area contributed by atoms with Crippen LogP contribution in [0.1, 0.15) is 56.2 Å². The summed E-state index contributed by atoms with van der Waals surface area (Å²) in [6, 6.07) is 3.82. The van der Waals surface area contributed by atoms with Crippen molar-refractivity contribution in [2.24, 2.45) is 0 Å². The van der Waals surface area contributed by atoms with E-state index in [4.69, 9.17) is 14.5 Å². The van der Waals surface area contributed by atoms with Gasteiger partial charge in [0, 0.05) is 30.7 Å². The van der Waals surface area contributed by atoms with Gasteiger partial charge in [-0.1, -0.05) is 13.8 Å². The highest BCUT2D eigenvalue weighted by molar-refractivity contribution is 5.89. The summed E-state index contributed by atoms with van der Waals surface area (Å²) in [5.74, 6) is 0.0859. The molecule has 3 heterocycles. The molecule has 1 atom stereocenters. The van der Waals surface area contributed by atoms with Crippen LogP contribution in [0, 0.1) is 0 Å². The van der Waals surface area contributed by atoms with Crippen LogP contribution in [0.25, 0.3) is 11.0 Å². The highest BCUT2D eigenvalue weighted by Gasteiger charge is 2.44. The molecule has 1 saturated heterocycles. The number of carboxylic acid groups (broad SMARTS) is 1. The molecule has 1 aliphatic heterocycles. The summed E-state index contributed by atoms with van der Waals surface area (Å²) in [5, 5.41) is 9.40. The van der Waals surface area contributed by atoms with Gasteiger partial charge in [0.05, 0.1) is 24.2 Å². The summed E-state index contributed by atoms with van der Waals surface area (Å²) in [6.45, 7) is 5.44. The molecule has 1 unspecified atom stereocenters. The first-order valence-electron chi connectivity index (χ1n) is 8.52. The zero-order chi connectivity index (χ0) is 16.9. The van der Waals surface area contributed by atoms with Gasteiger partial charge in [0.25, 0.3) is 0 Å². The quantitative estimate of drug-likeness (QED) is 0.909. The molecule has 0 bridgehead atoms. The molecule has 1 N–H and O–H groups in total. The number of aromatic nitrogens is 2. The van der Waals surface area contributed by atoms with E-state index >= 15 is 0 Å². The largest absolute Gasteiger partial charge is 0.464 e. The van der Waals surface area contributed by atoms with Gasteiger partial charge in [-0.05, 0) is 30.0 Å². The number of carbonyl (C=O) groups is 1. The van der Waals surface area contributed by atoms with Gasteiger partial charge in [-0.15, -0.1) is 0 Å². The number of pyridine rings is 1. The molecule has 6 nitrogen and oxygen atoms in total. The minimum Gasteiger partial charge on any atom is -0.464 e. The Morgan fingerprint density at radius 1 is 1.38 bits per heavy atom. The van der Waals surface area contributed by atoms with Gasteiger partial charge in [0.15, 0.2) is 5.79 Å². The minimum absolute atomic E-state index is 0.215. The van der Waals surface area contributed by atoms with Crippen molar-refractivity contribution in [3.05, 3.63) is 29.6 Å². The first-order chi connectivity index (χ1) is 11.5. The standard InChI is InChI=1S/C18H22N2O4/c1-11(2)13-10-20(17(21)22)15-4-3-14(19-16(13)15)12-5-6-18(9-12)23-7-8-24-18/h3-4,10-12H,5-9H2,1-2H3,(H,21,22). The van der Waals surface area contributed by atoms with Crippen LogP contribution < -0.4 is 0 Å². The van der Waals surface area contributed by atoms with E-state index in [0.717, 1.165) is 36.0 Å². The average molecular weight is 330 g/mol. The van der Waals surface area contributed by atoms with Gasteiger partial charge >= 0.3 is 6.09 Å². The van der Waals surface area contributed by atoms with Gasteiger partial charge in [-0.3, -0.25) is 9.55 Å². The van der Waals surface area contributed by atoms with Gasteiger partial charge < -0.3 is 14.6 Å². The van der Waals surface area contributed by atoms with Crippen molar-refractivity contribution in [3.8, 4) is 0 Å². The van der Waals surface area contributed by atoms with E-state index in [-0.39, 0.29) is 5.92 Å². The lowest BCUT2D eigenvalue weighted by Gasteiger charge is -2.21. The first-order valence-corrected chi connectivity index (χ1v) is 8.52. The van der Waals surface area contributed by atoms with Crippen molar-refractivity contribution < 1.29 is 19.4 Å². The smallest absolute Gasteiger partial charge is 0.416 e. The second-order valence-electron chi connectivity index (χ2n) is 7.04. The Balaban J connectivity index is 1.73. The van der Waals surface area contributed by atoms with E-state index < -0.39 is 11.9 Å². The fourth-order valence-corrected chi connectivity index (χ4v) is 3.94. The number of fused-ring (bicyclic) bond motifs is 1. The van der Waals surface area contributed by atoms with Crippen LogP contribution in [-0.4, -0.2) is 39.8 Å². The Kier molecular flexibility index (Phi) is 3.62. The van der Waals surface area contributed by atoms with Crippen LogP contribution in [0.5, 0.6) is 0 Å². The van der Waals surface area contributed by atoms with Crippen LogP contribution in [0.2, 0.25) is 0 Å². The molecule has 4 rings (SSSR count). The fraction of sp³-hybridized carbons (Fsp3) is 0.556. The van der Waals surface area contributed by atoms with E-state index in [0.29, 0.717) is 24.6 Å². The lowest BCUT2D eigenvalue weighted by atomic mass is 10.0. The normalized spacial score (nSPS) is 22.9. The maximum absolute atomic E-state index is 11.5. The van der Waals surface area contributed by atoms with Crippen molar-refractivity contribution in [1.82, 2.24) is 9.55 Å². The molecule has 0 radical (unpaired) electrons. The lowest BCUT2D eigenvalue weighted by molar-refractivity contribution is -0.151. The highest BCUT2D eigenvalue weighted by Crippen LogP contribution is 2.45. The number of nitrogens with zero attached hydrogens (tertiary/aromatic N) is 2. The number of ether oxygens (including phenoxy) is 2. The molecule has 6 heteroatoms. The molecule has 0 aromatic carbocycles. The Morgan fingerprint density at radius 3 is 2.79 bits per heavy atom. The topological polar surface area (TPSA) is 73.6 Å². The minimum atomic E-state index is -0.978. The summed E-state index contributed by atoms with van der Waals surface area (Å²) in [6.07, 6.45) is 3.41. The number of hydrogen-bond donors (Lipinski definition) is 1. The van der Waals surface area contributed by atoms with Crippen LogP contribution >= 0.6 is 0 Å².